The first-order valence-corrected chi connectivity index (χ1v) is 9.97. The van der Waals surface area contributed by atoms with Crippen LogP contribution in [0.2, 0.25) is 0 Å². The molecule has 0 aromatic heterocycles. The van der Waals surface area contributed by atoms with E-state index < -0.39 is 0 Å². The topological polar surface area (TPSA) is 77.5 Å². The fraction of sp³-hybridized carbons (Fsp3) is 0.174. The molecule has 3 aromatic carbocycles. The molecule has 0 aliphatic carbocycles. The molecule has 1 atom stereocenters. The molecule has 0 saturated heterocycles. The Morgan fingerprint density at radius 1 is 1.21 bits per heavy atom. The highest BCUT2D eigenvalue weighted by atomic mass is 79.9. The maximum absolute atomic E-state index is 9.84. The van der Waals surface area contributed by atoms with Crippen LogP contribution in [0.5, 0.6) is 17.2 Å². The van der Waals surface area contributed by atoms with Gasteiger partial charge in [-0.15, -0.1) is 0 Å². The lowest BCUT2D eigenvalue weighted by Crippen LogP contribution is -2.21. The summed E-state index contributed by atoms with van der Waals surface area (Å²) in [5.74, 6) is 1.62. The molecule has 0 bridgehead atoms. The van der Waals surface area contributed by atoms with Crippen LogP contribution in [0.1, 0.15) is 24.0 Å². The number of hydrogen-bond donors (Lipinski definition) is 1. The third-order valence-corrected chi connectivity index (χ3v) is 5.57. The van der Waals surface area contributed by atoms with Crippen LogP contribution >= 0.6 is 15.9 Å². The van der Waals surface area contributed by atoms with E-state index in [1.54, 1.807) is 7.11 Å². The van der Waals surface area contributed by atoms with Gasteiger partial charge in [-0.2, -0.15) is 5.26 Å². The van der Waals surface area contributed by atoms with E-state index in [1.165, 1.54) is 0 Å². The van der Waals surface area contributed by atoms with Gasteiger partial charge in [0.15, 0.2) is 11.5 Å². The van der Waals surface area contributed by atoms with E-state index in [4.69, 9.17) is 19.9 Å². The standard InChI is InChI=1S/C23H19BrN2O3/c1-3-28-19-11-14(10-18(24)22(19)27-2)20-16-9-8-13-6-4-5-7-15(13)21(16)29-23(26)17(20)12-25/h4-11,20H,3,26H2,1-2H3/t20-/m1/s1. The first-order chi connectivity index (χ1) is 14.1. The second-order valence-electron chi connectivity index (χ2n) is 6.60. The number of rotatable bonds is 4. The highest BCUT2D eigenvalue weighted by molar-refractivity contribution is 9.10. The summed E-state index contributed by atoms with van der Waals surface area (Å²) in [7, 11) is 1.59. The number of nitrogens with zero attached hydrogens (tertiary/aromatic N) is 1. The van der Waals surface area contributed by atoms with Gasteiger partial charge in [-0.3, -0.25) is 0 Å². The molecule has 146 valence electrons. The Morgan fingerprint density at radius 2 is 2.00 bits per heavy atom. The number of fused-ring (bicyclic) bond motifs is 3. The van der Waals surface area contributed by atoms with Crippen molar-refractivity contribution in [1.29, 1.82) is 5.26 Å². The van der Waals surface area contributed by atoms with Gasteiger partial charge in [0.05, 0.1) is 24.1 Å². The summed E-state index contributed by atoms with van der Waals surface area (Å²) in [6.45, 7) is 2.40. The van der Waals surface area contributed by atoms with Crippen LogP contribution in [-0.4, -0.2) is 13.7 Å². The van der Waals surface area contributed by atoms with E-state index in [0.29, 0.717) is 29.4 Å². The lowest BCUT2D eigenvalue weighted by atomic mass is 9.82. The van der Waals surface area contributed by atoms with E-state index in [-0.39, 0.29) is 11.8 Å². The Hall–Kier alpha value is -3.17. The SMILES string of the molecule is CCOc1cc([C@H]2C(C#N)=C(N)Oc3c2ccc2ccccc32)cc(Br)c1OC. The molecule has 1 aliphatic heterocycles. The zero-order chi connectivity index (χ0) is 20.5. The lowest BCUT2D eigenvalue weighted by Gasteiger charge is -2.28. The zero-order valence-corrected chi connectivity index (χ0v) is 17.6. The number of hydrogen-bond acceptors (Lipinski definition) is 5. The van der Waals surface area contributed by atoms with E-state index in [2.05, 4.69) is 22.0 Å². The quantitative estimate of drug-likeness (QED) is 0.588. The summed E-state index contributed by atoms with van der Waals surface area (Å²) in [5.41, 5.74) is 8.29. The molecule has 3 aromatic rings. The van der Waals surface area contributed by atoms with Crippen molar-refractivity contribution in [3.8, 4) is 23.3 Å². The van der Waals surface area contributed by atoms with Gasteiger partial charge in [0, 0.05) is 10.9 Å². The minimum absolute atomic E-state index is 0.117. The van der Waals surface area contributed by atoms with Gasteiger partial charge < -0.3 is 19.9 Å². The Balaban J connectivity index is 1.98. The molecule has 0 radical (unpaired) electrons. The Bertz CT molecular complexity index is 1180. The van der Waals surface area contributed by atoms with Crippen molar-refractivity contribution in [3.63, 3.8) is 0 Å². The van der Waals surface area contributed by atoms with Crippen molar-refractivity contribution in [2.45, 2.75) is 12.8 Å². The highest BCUT2D eigenvalue weighted by Crippen LogP contribution is 2.48. The van der Waals surface area contributed by atoms with Crippen molar-refractivity contribution in [1.82, 2.24) is 0 Å². The Labute approximate surface area is 177 Å². The number of allylic oxidation sites excluding steroid dienone is 1. The molecule has 0 fully saturated rings. The predicted octanol–water partition coefficient (Wildman–Crippen LogP) is 5.23. The normalized spacial score (nSPS) is 15.4. The first-order valence-electron chi connectivity index (χ1n) is 9.18. The largest absolute Gasteiger partial charge is 0.492 e. The van der Waals surface area contributed by atoms with Crippen molar-refractivity contribution in [3.05, 3.63) is 75.6 Å². The molecule has 0 spiro atoms. The van der Waals surface area contributed by atoms with Crippen molar-refractivity contribution in [2.75, 3.05) is 13.7 Å². The van der Waals surface area contributed by atoms with Crippen LogP contribution < -0.4 is 19.9 Å². The van der Waals surface area contributed by atoms with Crippen LogP contribution in [0, 0.1) is 11.3 Å². The number of benzene rings is 3. The number of ether oxygens (including phenoxy) is 3. The molecule has 6 heteroatoms. The predicted molar refractivity (Wildman–Crippen MR) is 115 cm³/mol. The molecule has 4 rings (SSSR count). The van der Waals surface area contributed by atoms with Gasteiger partial charge in [-0.1, -0.05) is 36.4 Å². The van der Waals surface area contributed by atoms with Crippen LogP contribution in [0.4, 0.5) is 0 Å². The summed E-state index contributed by atoms with van der Waals surface area (Å²) in [6.07, 6.45) is 0. The minimum atomic E-state index is -0.380. The minimum Gasteiger partial charge on any atom is -0.492 e. The van der Waals surface area contributed by atoms with E-state index >= 15 is 0 Å². The fourth-order valence-corrected chi connectivity index (χ4v) is 4.37. The third-order valence-electron chi connectivity index (χ3n) is 4.98. The average Bonchev–Trinajstić information content (AvgIpc) is 2.72. The summed E-state index contributed by atoms with van der Waals surface area (Å²) >= 11 is 3.57. The van der Waals surface area contributed by atoms with Gasteiger partial charge in [-0.05, 0) is 45.9 Å². The summed E-state index contributed by atoms with van der Waals surface area (Å²) in [4.78, 5) is 0. The molecule has 1 aliphatic rings. The molecular formula is C23H19BrN2O3. The second kappa shape index (κ2) is 7.69. The highest BCUT2D eigenvalue weighted by Gasteiger charge is 2.32. The summed E-state index contributed by atoms with van der Waals surface area (Å²) in [5, 5.41) is 11.8. The molecular weight excluding hydrogens is 432 g/mol. The maximum atomic E-state index is 9.84. The lowest BCUT2D eigenvalue weighted by molar-refractivity contribution is 0.309. The van der Waals surface area contributed by atoms with Crippen molar-refractivity contribution in [2.24, 2.45) is 5.73 Å². The van der Waals surface area contributed by atoms with Gasteiger partial charge in [0.1, 0.15) is 17.4 Å². The first kappa shape index (κ1) is 19.2. The summed E-state index contributed by atoms with van der Waals surface area (Å²) < 4.78 is 17.9. The van der Waals surface area contributed by atoms with E-state index in [1.807, 2.05) is 55.5 Å². The fourth-order valence-electron chi connectivity index (χ4n) is 3.75. The molecule has 0 unspecified atom stereocenters. The smallest absolute Gasteiger partial charge is 0.205 e. The number of nitriles is 1. The molecule has 0 saturated carbocycles. The van der Waals surface area contributed by atoms with E-state index in [9.17, 15) is 5.26 Å². The van der Waals surface area contributed by atoms with Crippen molar-refractivity contribution < 1.29 is 14.2 Å². The van der Waals surface area contributed by atoms with Crippen LogP contribution in [0.25, 0.3) is 10.8 Å². The number of methoxy groups -OCH3 is 1. The van der Waals surface area contributed by atoms with Crippen molar-refractivity contribution >= 4 is 26.7 Å². The molecule has 5 nitrogen and oxygen atoms in total. The average molecular weight is 451 g/mol. The second-order valence-corrected chi connectivity index (χ2v) is 7.45. The monoisotopic (exact) mass is 450 g/mol. The van der Waals surface area contributed by atoms with Crippen LogP contribution in [0.15, 0.2) is 64.5 Å². The molecule has 0 amide bonds. The van der Waals surface area contributed by atoms with Gasteiger partial charge in [0.2, 0.25) is 5.88 Å². The Kier molecular flexibility index (Phi) is 5.08. The van der Waals surface area contributed by atoms with Crippen LogP contribution in [-0.2, 0) is 0 Å². The van der Waals surface area contributed by atoms with Gasteiger partial charge in [0.25, 0.3) is 0 Å². The van der Waals surface area contributed by atoms with Crippen LogP contribution in [0.3, 0.4) is 0 Å². The number of halogens is 1. The number of nitrogens with two attached hydrogens (primary N) is 1. The molecule has 29 heavy (non-hydrogen) atoms. The Morgan fingerprint density at radius 3 is 2.72 bits per heavy atom. The van der Waals surface area contributed by atoms with E-state index in [0.717, 1.165) is 26.4 Å². The molecule has 2 N–H and O–H groups in total. The maximum Gasteiger partial charge on any atom is 0.205 e. The van der Waals surface area contributed by atoms with Gasteiger partial charge >= 0.3 is 0 Å². The summed E-state index contributed by atoms with van der Waals surface area (Å²) in [6, 6.07) is 18.0. The third kappa shape index (κ3) is 3.18. The molecule has 1 heterocycles. The zero-order valence-electron chi connectivity index (χ0n) is 16.0. The van der Waals surface area contributed by atoms with Gasteiger partial charge in [-0.25, -0.2) is 0 Å².